The highest BCUT2D eigenvalue weighted by Crippen LogP contribution is 2.31. The molecule has 0 unspecified atom stereocenters. The molecule has 1 aliphatic rings. The van der Waals surface area contributed by atoms with Crippen molar-refractivity contribution >= 4 is 9.28 Å². The van der Waals surface area contributed by atoms with Crippen molar-refractivity contribution in [3.05, 3.63) is 11.8 Å². The summed E-state index contributed by atoms with van der Waals surface area (Å²) in [5.74, 6) is 0.682. The zero-order valence-corrected chi connectivity index (χ0v) is 9.16. The molecule has 0 saturated heterocycles. The van der Waals surface area contributed by atoms with Crippen LogP contribution in [0.1, 0.15) is 25.7 Å². The second kappa shape index (κ2) is 4.79. The van der Waals surface area contributed by atoms with Gasteiger partial charge in [-0.3, -0.25) is 0 Å². The lowest BCUT2D eigenvalue weighted by Crippen LogP contribution is -2.25. The molecule has 1 rings (SSSR count). The Hall–Kier alpha value is -0.123. The Morgan fingerprint density at radius 3 is 2.17 bits per heavy atom. The second-order valence-electron chi connectivity index (χ2n) is 3.36. The first kappa shape index (κ1) is 9.96. The number of allylic oxidation sites excluding steroid dienone is 1. The molecular formula is C9H18O2Si. The van der Waals surface area contributed by atoms with Crippen LogP contribution in [0.25, 0.3) is 0 Å². The van der Waals surface area contributed by atoms with Crippen molar-refractivity contribution in [2.24, 2.45) is 5.92 Å². The molecule has 0 spiro atoms. The summed E-state index contributed by atoms with van der Waals surface area (Å²) in [6, 6.07) is 0. The third kappa shape index (κ3) is 2.18. The van der Waals surface area contributed by atoms with E-state index in [4.69, 9.17) is 8.85 Å². The van der Waals surface area contributed by atoms with Gasteiger partial charge in [-0.1, -0.05) is 19.4 Å². The molecule has 0 aromatic carbocycles. The number of hydrogen-bond donors (Lipinski definition) is 0. The molecule has 0 amide bonds. The van der Waals surface area contributed by atoms with Gasteiger partial charge in [-0.25, -0.2) is 0 Å². The maximum absolute atomic E-state index is 5.29. The molecule has 2 nitrogen and oxygen atoms in total. The average Bonchev–Trinajstić information content (AvgIpc) is 2.58. The van der Waals surface area contributed by atoms with Crippen molar-refractivity contribution in [1.29, 1.82) is 0 Å². The van der Waals surface area contributed by atoms with Gasteiger partial charge in [-0.05, 0) is 24.0 Å². The number of hydrogen-bond acceptors (Lipinski definition) is 2. The predicted octanol–water partition coefficient (Wildman–Crippen LogP) is 1.79. The minimum atomic E-state index is -1.53. The van der Waals surface area contributed by atoms with Gasteiger partial charge in [0.1, 0.15) is 0 Å². The van der Waals surface area contributed by atoms with Crippen LogP contribution in [0.4, 0.5) is 0 Å². The van der Waals surface area contributed by atoms with E-state index in [9.17, 15) is 0 Å². The quantitative estimate of drug-likeness (QED) is 0.623. The van der Waals surface area contributed by atoms with E-state index in [1.165, 1.54) is 30.9 Å². The Morgan fingerprint density at radius 1 is 1.25 bits per heavy atom. The third-order valence-electron chi connectivity index (χ3n) is 2.61. The molecule has 0 aliphatic heterocycles. The summed E-state index contributed by atoms with van der Waals surface area (Å²) < 4.78 is 10.6. The normalized spacial score (nSPS) is 18.9. The molecule has 70 valence electrons. The molecule has 0 aromatic rings. The summed E-state index contributed by atoms with van der Waals surface area (Å²) >= 11 is 0. The molecule has 0 atom stereocenters. The van der Waals surface area contributed by atoms with Crippen LogP contribution >= 0.6 is 0 Å². The van der Waals surface area contributed by atoms with E-state index < -0.39 is 9.28 Å². The lowest BCUT2D eigenvalue weighted by atomic mass is 10.1. The summed E-state index contributed by atoms with van der Waals surface area (Å²) in [5, 5.41) is 1.25. The van der Waals surface area contributed by atoms with E-state index in [0.29, 0.717) is 5.92 Å². The minimum absolute atomic E-state index is 0.682. The predicted molar refractivity (Wildman–Crippen MR) is 52.3 cm³/mol. The fourth-order valence-corrected chi connectivity index (χ4v) is 3.40. The Morgan fingerprint density at radius 2 is 1.75 bits per heavy atom. The maximum atomic E-state index is 5.29. The number of rotatable bonds is 4. The van der Waals surface area contributed by atoms with Gasteiger partial charge < -0.3 is 8.85 Å². The molecule has 0 bridgehead atoms. The monoisotopic (exact) mass is 186 g/mol. The van der Waals surface area contributed by atoms with E-state index in [1.54, 1.807) is 14.2 Å². The van der Waals surface area contributed by atoms with Crippen molar-refractivity contribution in [3.8, 4) is 0 Å². The van der Waals surface area contributed by atoms with Crippen molar-refractivity contribution in [2.45, 2.75) is 25.7 Å². The molecular weight excluding hydrogens is 168 g/mol. The third-order valence-corrected chi connectivity index (χ3v) is 4.54. The average molecular weight is 186 g/mol. The Kier molecular flexibility index (Phi) is 3.98. The van der Waals surface area contributed by atoms with Gasteiger partial charge in [-0.15, -0.1) is 0 Å². The Bertz CT molecular complexity index is 145. The van der Waals surface area contributed by atoms with E-state index in [0.717, 1.165) is 0 Å². The Labute approximate surface area is 76.4 Å². The molecule has 0 N–H and O–H groups in total. The summed E-state index contributed by atoms with van der Waals surface area (Å²) in [5.41, 5.74) is 0. The molecule has 12 heavy (non-hydrogen) atoms. The van der Waals surface area contributed by atoms with Crippen molar-refractivity contribution in [3.63, 3.8) is 0 Å². The lowest BCUT2D eigenvalue weighted by Gasteiger charge is -2.18. The highest BCUT2D eigenvalue weighted by molar-refractivity contribution is 6.53. The molecule has 0 heterocycles. The fourth-order valence-electron chi connectivity index (χ4n) is 1.89. The van der Waals surface area contributed by atoms with E-state index in [2.05, 4.69) is 6.58 Å². The van der Waals surface area contributed by atoms with Gasteiger partial charge >= 0.3 is 9.28 Å². The Balaban J connectivity index is 2.43. The van der Waals surface area contributed by atoms with Crippen LogP contribution in [0, 0.1) is 5.92 Å². The first-order chi connectivity index (χ1) is 5.79. The summed E-state index contributed by atoms with van der Waals surface area (Å²) in [6.07, 6.45) is 5.26. The van der Waals surface area contributed by atoms with Crippen molar-refractivity contribution < 1.29 is 8.85 Å². The highest BCUT2D eigenvalue weighted by atomic mass is 28.3. The summed E-state index contributed by atoms with van der Waals surface area (Å²) in [4.78, 5) is 0. The molecule has 1 aliphatic carbocycles. The lowest BCUT2D eigenvalue weighted by molar-refractivity contribution is 0.282. The van der Waals surface area contributed by atoms with Crippen LogP contribution in [0.2, 0.25) is 0 Å². The van der Waals surface area contributed by atoms with Gasteiger partial charge in [0.05, 0.1) is 0 Å². The fraction of sp³-hybridized carbons (Fsp3) is 0.778. The highest BCUT2D eigenvalue weighted by Gasteiger charge is 2.25. The SMILES string of the molecule is C=C(C1CCCC1)[SiH](OC)OC. The zero-order chi connectivity index (χ0) is 8.97. The van der Waals surface area contributed by atoms with Gasteiger partial charge in [0, 0.05) is 14.2 Å². The first-order valence-electron chi connectivity index (χ1n) is 4.54. The van der Waals surface area contributed by atoms with Crippen LogP contribution in [0.3, 0.4) is 0 Å². The first-order valence-corrected chi connectivity index (χ1v) is 6.06. The zero-order valence-electron chi connectivity index (χ0n) is 8.01. The standard InChI is InChI=1S/C9H18O2Si/c1-8(12(10-2)11-3)9-6-4-5-7-9/h9,12H,1,4-7H2,2-3H3. The van der Waals surface area contributed by atoms with Gasteiger partial charge in [-0.2, -0.15) is 0 Å². The van der Waals surface area contributed by atoms with Crippen molar-refractivity contribution in [2.75, 3.05) is 14.2 Å². The van der Waals surface area contributed by atoms with Crippen molar-refractivity contribution in [1.82, 2.24) is 0 Å². The summed E-state index contributed by atoms with van der Waals surface area (Å²) in [6.45, 7) is 4.09. The van der Waals surface area contributed by atoms with Gasteiger partial charge in [0.15, 0.2) is 0 Å². The van der Waals surface area contributed by atoms with Gasteiger partial charge in [0.25, 0.3) is 0 Å². The molecule has 1 fully saturated rings. The van der Waals surface area contributed by atoms with Crippen LogP contribution in [0.5, 0.6) is 0 Å². The molecule has 0 radical (unpaired) electrons. The molecule has 3 heteroatoms. The second-order valence-corrected chi connectivity index (χ2v) is 5.71. The largest absolute Gasteiger partial charge is 0.397 e. The maximum Gasteiger partial charge on any atom is 0.350 e. The molecule has 0 aromatic heterocycles. The van der Waals surface area contributed by atoms with Crippen LogP contribution in [-0.4, -0.2) is 23.5 Å². The van der Waals surface area contributed by atoms with Crippen LogP contribution in [-0.2, 0) is 8.85 Å². The topological polar surface area (TPSA) is 18.5 Å². The van der Waals surface area contributed by atoms with E-state index in [1.807, 2.05) is 0 Å². The van der Waals surface area contributed by atoms with E-state index >= 15 is 0 Å². The van der Waals surface area contributed by atoms with E-state index in [-0.39, 0.29) is 0 Å². The molecule has 1 saturated carbocycles. The van der Waals surface area contributed by atoms with Gasteiger partial charge in [0.2, 0.25) is 0 Å². The van der Waals surface area contributed by atoms with Crippen LogP contribution < -0.4 is 0 Å². The smallest absolute Gasteiger partial charge is 0.350 e. The van der Waals surface area contributed by atoms with Crippen LogP contribution in [0.15, 0.2) is 11.8 Å². The minimum Gasteiger partial charge on any atom is -0.397 e. The summed E-state index contributed by atoms with van der Waals surface area (Å²) in [7, 11) is 1.91.